The van der Waals surface area contributed by atoms with Crippen molar-refractivity contribution < 1.29 is 5.11 Å². The molecule has 0 heterocycles. The molecule has 1 aromatic carbocycles. The highest BCUT2D eigenvalue weighted by Gasteiger charge is 2.11. The van der Waals surface area contributed by atoms with Crippen molar-refractivity contribution in [2.45, 2.75) is 19.4 Å². The molecule has 1 rings (SSSR count). The maximum absolute atomic E-state index is 9.28. The topological polar surface area (TPSA) is 73.3 Å². The van der Waals surface area contributed by atoms with Gasteiger partial charge in [-0.2, -0.15) is 0 Å². The number of nitrogen functional groups attached to an aromatic ring is 1. The minimum Gasteiger partial charge on any atom is -0.393 e. The number of amidine groups is 1. The first-order chi connectivity index (χ1) is 7.91. The van der Waals surface area contributed by atoms with Crippen molar-refractivity contribution in [2.75, 3.05) is 18.5 Å². The molecule has 0 saturated carbocycles. The Labute approximate surface area is 110 Å². The monoisotopic (exact) mass is 299 g/mol. The predicted molar refractivity (Wildman–Crippen MR) is 74.7 cm³/mol. The maximum atomic E-state index is 9.28. The highest BCUT2D eigenvalue weighted by atomic mass is 79.9. The van der Waals surface area contributed by atoms with Crippen LogP contribution in [-0.2, 0) is 0 Å². The lowest BCUT2D eigenvalue weighted by molar-refractivity contribution is 0.187. The Kier molecular flexibility index (Phi) is 4.96. The van der Waals surface area contributed by atoms with Crippen molar-refractivity contribution in [3.8, 4) is 0 Å². The molecule has 0 amide bonds. The summed E-state index contributed by atoms with van der Waals surface area (Å²) in [5.74, 6) is 0.0522. The Hall–Kier alpha value is -1.07. The van der Waals surface area contributed by atoms with Gasteiger partial charge < -0.3 is 15.7 Å². The van der Waals surface area contributed by atoms with Crippen LogP contribution in [0.5, 0.6) is 0 Å². The highest BCUT2D eigenvalue weighted by Crippen LogP contribution is 2.24. The normalized spacial score (nSPS) is 12.2. The van der Waals surface area contributed by atoms with Gasteiger partial charge in [0.1, 0.15) is 5.84 Å². The molecule has 0 radical (unpaired) electrons. The molecule has 5 heteroatoms. The third-order valence-electron chi connectivity index (χ3n) is 2.54. The number of hydrogen-bond donors (Lipinski definition) is 3. The largest absolute Gasteiger partial charge is 0.393 e. The second-order valence-electron chi connectivity index (χ2n) is 4.13. The SMILES string of the molecule is CC(O)CCN(C)c1cc(Br)ccc1C(=N)N. The van der Waals surface area contributed by atoms with Crippen LogP contribution in [0.2, 0.25) is 0 Å². The smallest absolute Gasteiger partial charge is 0.124 e. The molecule has 0 aromatic heterocycles. The van der Waals surface area contributed by atoms with Gasteiger partial charge in [-0.15, -0.1) is 0 Å². The molecular weight excluding hydrogens is 282 g/mol. The summed E-state index contributed by atoms with van der Waals surface area (Å²) in [5.41, 5.74) is 7.16. The molecule has 0 aliphatic carbocycles. The van der Waals surface area contributed by atoms with E-state index in [0.717, 1.165) is 10.2 Å². The van der Waals surface area contributed by atoms with Crippen LogP contribution >= 0.6 is 15.9 Å². The minimum atomic E-state index is -0.328. The van der Waals surface area contributed by atoms with Crippen LogP contribution in [0.25, 0.3) is 0 Å². The lowest BCUT2D eigenvalue weighted by Gasteiger charge is -2.23. The van der Waals surface area contributed by atoms with Crippen LogP contribution in [0.15, 0.2) is 22.7 Å². The molecule has 4 nitrogen and oxygen atoms in total. The molecule has 0 spiro atoms. The summed E-state index contributed by atoms with van der Waals surface area (Å²) in [5, 5.41) is 16.8. The van der Waals surface area contributed by atoms with Gasteiger partial charge in [0, 0.05) is 29.3 Å². The van der Waals surface area contributed by atoms with Crippen LogP contribution in [0, 0.1) is 5.41 Å². The van der Waals surface area contributed by atoms with E-state index in [4.69, 9.17) is 11.1 Å². The zero-order valence-corrected chi connectivity index (χ0v) is 11.7. The molecule has 0 bridgehead atoms. The summed E-state index contributed by atoms with van der Waals surface area (Å²) >= 11 is 3.41. The number of halogens is 1. The number of anilines is 1. The third-order valence-corrected chi connectivity index (χ3v) is 3.04. The van der Waals surface area contributed by atoms with Gasteiger partial charge in [-0.3, -0.25) is 5.41 Å². The molecule has 0 aliphatic rings. The molecule has 0 aliphatic heterocycles. The number of aliphatic hydroxyl groups is 1. The second-order valence-corrected chi connectivity index (χ2v) is 5.05. The average Bonchev–Trinajstić information content (AvgIpc) is 2.25. The average molecular weight is 300 g/mol. The molecule has 17 heavy (non-hydrogen) atoms. The second kappa shape index (κ2) is 6.02. The van der Waals surface area contributed by atoms with E-state index in [1.165, 1.54) is 0 Å². The van der Waals surface area contributed by atoms with E-state index < -0.39 is 0 Å². The summed E-state index contributed by atoms with van der Waals surface area (Å²) in [4.78, 5) is 1.99. The van der Waals surface area contributed by atoms with Crippen molar-refractivity contribution >= 4 is 27.5 Å². The van der Waals surface area contributed by atoms with Crippen molar-refractivity contribution in [1.29, 1.82) is 5.41 Å². The molecule has 0 saturated heterocycles. The van der Waals surface area contributed by atoms with Crippen molar-refractivity contribution in [3.05, 3.63) is 28.2 Å². The van der Waals surface area contributed by atoms with Gasteiger partial charge in [-0.25, -0.2) is 0 Å². The summed E-state index contributed by atoms with van der Waals surface area (Å²) in [7, 11) is 1.93. The zero-order valence-electron chi connectivity index (χ0n) is 10.1. The summed E-state index contributed by atoms with van der Waals surface area (Å²) < 4.78 is 0.946. The van der Waals surface area contributed by atoms with Crippen molar-refractivity contribution in [2.24, 2.45) is 5.73 Å². The van der Waals surface area contributed by atoms with E-state index in [9.17, 15) is 5.11 Å². The van der Waals surface area contributed by atoms with E-state index in [1.807, 2.05) is 30.1 Å². The van der Waals surface area contributed by atoms with Gasteiger partial charge >= 0.3 is 0 Å². The summed E-state index contributed by atoms with van der Waals surface area (Å²) in [6, 6.07) is 5.61. The molecule has 4 N–H and O–H groups in total. The highest BCUT2D eigenvalue weighted by molar-refractivity contribution is 9.10. The Morgan fingerprint density at radius 3 is 2.76 bits per heavy atom. The lowest BCUT2D eigenvalue weighted by atomic mass is 10.1. The van der Waals surface area contributed by atoms with Gasteiger partial charge in [-0.1, -0.05) is 15.9 Å². The molecule has 1 unspecified atom stereocenters. The van der Waals surface area contributed by atoms with Crippen molar-refractivity contribution in [3.63, 3.8) is 0 Å². The fourth-order valence-electron chi connectivity index (χ4n) is 1.55. The number of aliphatic hydroxyl groups excluding tert-OH is 1. The third kappa shape index (κ3) is 4.02. The Balaban J connectivity index is 2.94. The Morgan fingerprint density at radius 1 is 1.59 bits per heavy atom. The Bertz CT molecular complexity index is 407. The van der Waals surface area contributed by atoms with Crippen LogP contribution < -0.4 is 10.6 Å². The van der Waals surface area contributed by atoms with E-state index in [1.54, 1.807) is 6.92 Å². The standard InChI is InChI=1S/C12H18BrN3O/c1-8(17)5-6-16(2)11-7-9(13)3-4-10(11)12(14)15/h3-4,7-8,17H,5-6H2,1-2H3,(H3,14,15). The van der Waals surface area contributed by atoms with Crippen LogP contribution in [0.4, 0.5) is 5.69 Å². The van der Waals surface area contributed by atoms with Crippen molar-refractivity contribution in [1.82, 2.24) is 0 Å². The zero-order chi connectivity index (χ0) is 13.0. The van der Waals surface area contributed by atoms with E-state index in [-0.39, 0.29) is 11.9 Å². The van der Waals surface area contributed by atoms with Gasteiger partial charge in [0.05, 0.1) is 6.10 Å². The van der Waals surface area contributed by atoms with Gasteiger partial charge in [0.15, 0.2) is 0 Å². The minimum absolute atomic E-state index is 0.0522. The number of nitrogens with one attached hydrogen (secondary N) is 1. The van der Waals surface area contributed by atoms with Crippen LogP contribution in [0.3, 0.4) is 0 Å². The van der Waals surface area contributed by atoms with Gasteiger partial charge in [0.2, 0.25) is 0 Å². The lowest BCUT2D eigenvalue weighted by Crippen LogP contribution is -2.25. The number of benzene rings is 1. The fraction of sp³-hybridized carbons (Fsp3) is 0.417. The van der Waals surface area contributed by atoms with Crippen LogP contribution in [0.1, 0.15) is 18.9 Å². The molecule has 94 valence electrons. The molecule has 1 atom stereocenters. The van der Waals surface area contributed by atoms with E-state index in [2.05, 4.69) is 15.9 Å². The molecular formula is C12H18BrN3O. The maximum Gasteiger partial charge on any atom is 0.124 e. The first-order valence-electron chi connectivity index (χ1n) is 5.45. The number of nitrogens with two attached hydrogens (primary N) is 1. The van der Waals surface area contributed by atoms with Gasteiger partial charge in [0.25, 0.3) is 0 Å². The summed E-state index contributed by atoms with van der Waals surface area (Å²) in [6.45, 7) is 2.48. The van der Waals surface area contributed by atoms with Crippen LogP contribution in [-0.4, -0.2) is 30.6 Å². The summed E-state index contributed by atoms with van der Waals surface area (Å²) in [6.07, 6.45) is 0.353. The first-order valence-corrected chi connectivity index (χ1v) is 6.24. The quantitative estimate of drug-likeness (QED) is 0.575. The van der Waals surface area contributed by atoms with E-state index >= 15 is 0 Å². The Morgan fingerprint density at radius 2 is 2.24 bits per heavy atom. The molecule has 0 fully saturated rings. The predicted octanol–water partition coefficient (Wildman–Crippen LogP) is 1.94. The number of hydrogen-bond acceptors (Lipinski definition) is 3. The van der Waals surface area contributed by atoms with E-state index in [0.29, 0.717) is 18.5 Å². The number of nitrogens with zero attached hydrogens (tertiary/aromatic N) is 1. The molecule has 1 aromatic rings. The first kappa shape index (κ1) is 14.0. The van der Waals surface area contributed by atoms with Gasteiger partial charge in [-0.05, 0) is 31.5 Å². The number of rotatable bonds is 5. The fourth-order valence-corrected chi connectivity index (χ4v) is 1.90.